The molecule has 90 valence electrons. The van der Waals surface area contributed by atoms with Gasteiger partial charge in [0.25, 0.3) is 10.1 Å². The van der Waals surface area contributed by atoms with E-state index in [0.717, 1.165) is 0 Å². The molecule has 5 heteroatoms. The van der Waals surface area contributed by atoms with Crippen LogP contribution < -0.4 is 4.74 Å². The van der Waals surface area contributed by atoms with Crippen molar-refractivity contribution in [3.05, 3.63) is 36.4 Å². The summed E-state index contributed by atoms with van der Waals surface area (Å²) in [6.07, 6.45) is 4.00. The summed E-state index contributed by atoms with van der Waals surface area (Å²) in [4.78, 5) is -0.215. The Morgan fingerprint density at radius 2 is 1.69 bits per heavy atom. The lowest BCUT2D eigenvalue weighted by molar-refractivity contribution is 0.397. The highest BCUT2D eigenvalue weighted by molar-refractivity contribution is 7.86. The van der Waals surface area contributed by atoms with Crippen LogP contribution in [0, 0.1) is 0 Å². The molecule has 0 aliphatic rings. The lowest BCUT2D eigenvalue weighted by Gasteiger charge is -2.03. The maximum absolute atomic E-state index is 10.7. The summed E-state index contributed by atoms with van der Waals surface area (Å²) in [6, 6.07) is 5.86. The molecule has 0 aromatic heterocycles. The number of hydrogen-bond donors (Lipinski definition) is 1. The number of rotatable bonds is 2. The molecule has 1 rings (SSSR count). The van der Waals surface area contributed by atoms with E-state index >= 15 is 0 Å². The van der Waals surface area contributed by atoms with Gasteiger partial charge in [0, 0.05) is 0 Å². The second-order valence-corrected chi connectivity index (χ2v) is 4.18. The Morgan fingerprint density at radius 1 is 1.19 bits per heavy atom. The number of para-hydroxylation sites is 1. The average molecular weight is 244 g/mol. The van der Waals surface area contributed by atoms with Crippen LogP contribution in [0.5, 0.6) is 5.75 Å². The van der Waals surface area contributed by atoms with Crippen LogP contribution in [0.4, 0.5) is 0 Å². The van der Waals surface area contributed by atoms with Crippen molar-refractivity contribution in [1.29, 1.82) is 0 Å². The highest BCUT2D eigenvalue weighted by Crippen LogP contribution is 2.21. The summed E-state index contributed by atoms with van der Waals surface area (Å²) in [7, 11) is -2.83. The molecule has 0 bridgehead atoms. The van der Waals surface area contributed by atoms with Crippen LogP contribution >= 0.6 is 0 Å². The summed E-state index contributed by atoms with van der Waals surface area (Å²) < 4.78 is 34.8. The highest BCUT2D eigenvalue weighted by Gasteiger charge is 2.14. The Kier molecular flexibility index (Phi) is 6.44. The van der Waals surface area contributed by atoms with Gasteiger partial charge in [-0.15, -0.1) is 0 Å². The number of methoxy groups -OCH3 is 1. The van der Waals surface area contributed by atoms with Crippen molar-refractivity contribution >= 4 is 10.1 Å². The van der Waals surface area contributed by atoms with Crippen LogP contribution in [0.15, 0.2) is 41.3 Å². The molecule has 1 aromatic rings. The van der Waals surface area contributed by atoms with Crippen LogP contribution in [0.1, 0.15) is 13.8 Å². The van der Waals surface area contributed by atoms with Crippen molar-refractivity contribution in [1.82, 2.24) is 0 Å². The predicted molar refractivity (Wildman–Crippen MR) is 63.3 cm³/mol. The minimum Gasteiger partial charge on any atom is -0.495 e. The summed E-state index contributed by atoms with van der Waals surface area (Å²) in [5.74, 6) is 0.139. The van der Waals surface area contributed by atoms with Crippen LogP contribution in [-0.4, -0.2) is 20.1 Å². The SMILES string of the molecule is CC=CC.COc1ccccc1S(=O)(=O)O. The van der Waals surface area contributed by atoms with Gasteiger partial charge in [-0.05, 0) is 26.0 Å². The van der Waals surface area contributed by atoms with Gasteiger partial charge >= 0.3 is 0 Å². The molecule has 0 unspecified atom stereocenters. The molecule has 0 amide bonds. The van der Waals surface area contributed by atoms with Gasteiger partial charge in [-0.25, -0.2) is 0 Å². The van der Waals surface area contributed by atoms with Crippen molar-refractivity contribution in [3.63, 3.8) is 0 Å². The largest absolute Gasteiger partial charge is 0.495 e. The molecule has 0 spiro atoms. The quantitative estimate of drug-likeness (QED) is 0.641. The molecule has 0 atom stereocenters. The first-order valence-corrected chi connectivity index (χ1v) is 6.09. The molecule has 1 N–H and O–H groups in total. The number of benzene rings is 1. The van der Waals surface area contributed by atoms with Gasteiger partial charge in [-0.2, -0.15) is 8.42 Å². The van der Waals surface area contributed by atoms with Gasteiger partial charge in [0.05, 0.1) is 7.11 Å². The van der Waals surface area contributed by atoms with Crippen LogP contribution in [0.25, 0.3) is 0 Å². The Labute approximate surface area is 96.3 Å². The lowest BCUT2D eigenvalue weighted by Crippen LogP contribution is -2.00. The van der Waals surface area contributed by atoms with E-state index < -0.39 is 10.1 Å². The average Bonchev–Trinajstić information content (AvgIpc) is 2.28. The van der Waals surface area contributed by atoms with E-state index in [1.807, 2.05) is 26.0 Å². The Bertz CT molecular complexity index is 431. The fourth-order valence-corrected chi connectivity index (χ4v) is 1.49. The number of hydrogen-bond acceptors (Lipinski definition) is 3. The van der Waals surface area contributed by atoms with Gasteiger partial charge < -0.3 is 4.74 Å². The van der Waals surface area contributed by atoms with Crippen LogP contribution in [0.2, 0.25) is 0 Å². The van der Waals surface area contributed by atoms with Crippen molar-refractivity contribution < 1.29 is 17.7 Å². The minimum atomic E-state index is -4.17. The summed E-state index contributed by atoms with van der Waals surface area (Å²) >= 11 is 0. The molecule has 1 aromatic carbocycles. The molecule has 16 heavy (non-hydrogen) atoms. The van der Waals surface area contributed by atoms with E-state index in [9.17, 15) is 8.42 Å². The zero-order chi connectivity index (χ0) is 12.6. The van der Waals surface area contributed by atoms with E-state index in [0.29, 0.717) is 0 Å². The summed E-state index contributed by atoms with van der Waals surface area (Å²) in [5.41, 5.74) is 0. The van der Waals surface area contributed by atoms with E-state index in [1.165, 1.54) is 25.3 Å². The maximum Gasteiger partial charge on any atom is 0.298 e. The second-order valence-electron chi connectivity index (χ2n) is 2.79. The predicted octanol–water partition coefficient (Wildman–Crippen LogP) is 2.52. The summed E-state index contributed by atoms with van der Waals surface area (Å²) in [6.45, 7) is 4.00. The van der Waals surface area contributed by atoms with Crippen molar-refractivity contribution in [2.45, 2.75) is 18.7 Å². The Morgan fingerprint density at radius 3 is 2.00 bits per heavy atom. The van der Waals surface area contributed by atoms with Crippen molar-refractivity contribution in [2.24, 2.45) is 0 Å². The van der Waals surface area contributed by atoms with Gasteiger partial charge in [0.15, 0.2) is 0 Å². The number of allylic oxidation sites excluding steroid dienone is 2. The molecule has 0 aliphatic carbocycles. The highest BCUT2D eigenvalue weighted by atomic mass is 32.2. The van der Waals surface area contributed by atoms with E-state index in [1.54, 1.807) is 6.07 Å². The first kappa shape index (κ1) is 14.7. The smallest absolute Gasteiger partial charge is 0.298 e. The monoisotopic (exact) mass is 244 g/mol. The minimum absolute atomic E-state index is 0.139. The second kappa shape index (κ2) is 7.03. The molecule has 0 fully saturated rings. The third kappa shape index (κ3) is 4.95. The maximum atomic E-state index is 10.7. The third-order valence-electron chi connectivity index (χ3n) is 1.68. The third-order valence-corrected chi connectivity index (χ3v) is 2.57. The van der Waals surface area contributed by atoms with E-state index in [-0.39, 0.29) is 10.6 Å². The molecule has 4 nitrogen and oxygen atoms in total. The van der Waals surface area contributed by atoms with Crippen LogP contribution in [0.3, 0.4) is 0 Å². The zero-order valence-electron chi connectivity index (χ0n) is 9.54. The van der Waals surface area contributed by atoms with E-state index in [2.05, 4.69) is 0 Å². The van der Waals surface area contributed by atoms with Gasteiger partial charge in [-0.3, -0.25) is 4.55 Å². The van der Waals surface area contributed by atoms with Crippen molar-refractivity contribution in [2.75, 3.05) is 7.11 Å². The first-order chi connectivity index (χ1) is 7.47. The Balaban J connectivity index is 0.000000487. The van der Waals surface area contributed by atoms with Crippen LogP contribution in [-0.2, 0) is 10.1 Å². The number of ether oxygens (including phenoxy) is 1. The molecular formula is C11H16O4S. The van der Waals surface area contributed by atoms with Gasteiger partial charge in [0.1, 0.15) is 10.6 Å². The molecule has 0 saturated carbocycles. The van der Waals surface area contributed by atoms with Gasteiger partial charge in [0.2, 0.25) is 0 Å². The van der Waals surface area contributed by atoms with Crippen molar-refractivity contribution in [3.8, 4) is 5.75 Å². The lowest BCUT2D eigenvalue weighted by atomic mass is 10.3. The Hall–Kier alpha value is -1.33. The topological polar surface area (TPSA) is 63.6 Å². The van der Waals surface area contributed by atoms with E-state index in [4.69, 9.17) is 9.29 Å². The standard InChI is InChI=1S/C7H8O4S.C4H8/c1-11-6-4-2-3-5-7(6)12(8,9)10;1-3-4-2/h2-5H,1H3,(H,8,9,10);3-4H,1-2H3. The molecule has 0 radical (unpaired) electrons. The fraction of sp³-hybridized carbons (Fsp3) is 0.273. The summed E-state index contributed by atoms with van der Waals surface area (Å²) in [5, 5.41) is 0. The zero-order valence-corrected chi connectivity index (χ0v) is 10.4. The molecule has 0 heterocycles. The molecule has 0 aliphatic heterocycles. The first-order valence-electron chi connectivity index (χ1n) is 4.65. The van der Waals surface area contributed by atoms with Gasteiger partial charge in [-0.1, -0.05) is 24.3 Å². The fourth-order valence-electron chi connectivity index (χ4n) is 0.832. The molecular weight excluding hydrogens is 228 g/mol. The normalized spacial score (nSPS) is 10.8. The molecule has 0 saturated heterocycles.